The summed E-state index contributed by atoms with van der Waals surface area (Å²) in [5, 5.41) is 6.44. The van der Waals surface area contributed by atoms with E-state index in [-0.39, 0.29) is 18.2 Å². The number of carbonyl (C=O) groups excluding carboxylic acids is 2. The molecule has 0 saturated heterocycles. The smallest absolute Gasteiger partial charge is 0.261 e. The average molecular weight is 256 g/mol. The van der Waals surface area contributed by atoms with Gasteiger partial charge in [0.05, 0.1) is 12.5 Å². The van der Waals surface area contributed by atoms with Gasteiger partial charge in [0.25, 0.3) is 5.91 Å². The van der Waals surface area contributed by atoms with E-state index in [0.29, 0.717) is 11.4 Å². The number of aromatic amines is 1. The van der Waals surface area contributed by atoms with Gasteiger partial charge in [-0.1, -0.05) is 18.2 Å². The fraction of sp³-hybridized carbons (Fsp3) is 0.231. The van der Waals surface area contributed by atoms with Crippen molar-refractivity contribution < 1.29 is 9.59 Å². The van der Waals surface area contributed by atoms with Crippen LogP contribution < -0.4 is 0 Å². The van der Waals surface area contributed by atoms with Crippen LogP contribution in [0.25, 0.3) is 0 Å². The number of hydrogen-bond acceptors (Lipinski definition) is 4. The summed E-state index contributed by atoms with van der Waals surface area (Å²) in [6.07, 6.45) is 1.60. The number of hydrogen-bond donors (Lipinski definition) is 1. The van der Waals surface area contributed by atoms with Gasteiger partial charge < -0.3 is 0 Å². The fourth-order valence-corrected chi connectivity index (χ4v) is 2.30. The third kappa shape index (κ3) is 1.81. The number of rotatable bonds is 2. The second kappa shape index (κ2) is 4.31. The summed E-state index contributed by atoms with van der Waals surface area (Å²) in [5.74, 6) is 0.00410. The Hall–Kier alpha value is -2.50. The van der Waals surface area contributed by atoms with Gasteiger partial charge >= 0.3 is 0 Å². The number of H-pyrrole nitrogens is 1. The minimum Gasteiger partial charge on any atom is -0.274 e. The van der Waals surface area contributed by atoms with Crippen molar-refractivity contribution in [1.29, 1.82) is 0 Å². The van der Waals surface area contributed by atoms with Crippen LogP contribution in [0.5, 0.6) is 0 Å². The number of imide groups is 1. The summed E-state index contributed by atoms with van der Waals surface area (Å²) in [4.78, 5) is 29.8. The molecule has 1 atom stereocenters. The third-order valence-electron chi connectivity index (χ3n) is 3.29. The summed E-state index contributed by atoms with van der Waals surface area (Å²) in [7, 11) is 0. The summed E-state index contributed by atoms with van der Waals surface area (Å²) >= 11 is 0. The molecule has 6 heteroatoms. The van der Waals surface area contributed by atoms with Crippen LogP contribution in [0.1, 0.15) is 34.7 Å². The molecule has 0 spiro atoms. The Balaban J connectivity index is 2.00. The molecule has 96 valence electrons. The molecule has 0 bridgehead atoms. The van der Waals surface area contributed by atoms with Gasteiger partial charge in [-0.15, -0.1) is 0 Å². The number of nitrogens with zero attached hydrogens (tertiary/aromatic N) is 3. The molecule has 1 aromatic heterocycles. The summed E-state index contributed by atoms with van der Waals surface area (Å²) in [6.45, 7) is 1.75. The van der Waals surface area contributed by atoms with E-state index in [1.807, 2.05) is 12.1 Å². The lowest BCUT2D eigenvalue weighted by Crippen LogP contribution is -2.44. The zero-order chi connectivity index (χ0) is 13.4. The Morgan fingerprint density at radius 2 is 2.11 bits per heavy atom. The standard InChI is InChI=1S/C13H12N4O2/c1-8(12-14-7-15-16-12)17-11(18)6-9-4-2-3-5-10(9)13(17)19/h2-5,7-8H,6H2,1H3,(H,14,15,16). The minimum absolute atomic E-state index is 0.215. The molecule has 1 aliphatic rings. The van der Waals surface area contributed by atoms with E-state index in [9.17, 15) is 9.59 Å². The molecule has 1 N–H and O–H groups in total. The number of benzene rings is 1. The van der Waals surface area contributed by atoms with Crippen molar-refractivity contribution in [3.05, 3.63) is 47.5 Å². The Labute approximate surface area is 109 Å². The Morgan fingerprint density at radius 3 is 2.84 bits per heavy atom. The van der Waals surface area contributed by atoms with E-state index in [4.69, 9.17) is 0 Å². The van der Waals surface area contributed by atoms with Crippen molar-refractivity contribution in [2.24, 2.45) is 0 Å². The average Bonchev–Trinajstić information content (AvgIpc) is 2.92. The van der Waals surface area contributed by atoms with Crippen molar-refractivity contribution in [3.8, 4) is 0 Å². The second-order valence-electron chi connectivity index (χ2n) is 4.45. The maximum atomic E-state index is 12.4. The van der Waals surface area contributed by atoms with Crippen molar-refractivity contribution in [1.82, 2.24) is 20.1 Å². The number of fused-ring (bicyclic) bond motifs is 1. The number of aromatic nitrogens is 3. The molecule has 19 heavy (non-hydrogen) atoms. The number of carbonyl (C=O) groups is 2. The predicted octanol–water partition coefficient (Wildman–Crippen LogP) is 1.09. The quantitative estimate of drug-likeness (QED) is 0.816. The van der Waals surface area contributed by atoms with E-state index in [2.05, 4.69) is 15.2 Å². The molecule has 1 unspecified atom stereocenters. The number of amides is 2. The molecule has 0 fully saturated rings. The Bertz CT molecular complexity index is 636. The van der Waals surface area contributed by atoms with Crippen molar-refractivity contribution >= 4 is 11.8 Å². The van der Waals surface area contributed by atoms with Gasteiger partial charge in [0.1, 0.15) is 12.2 Å². The van der Waals surface area contributed by atoms with Crippen molar-refractivity contribution in [3.63, 3.8) is 0 Å². The van der Waals surface area contributed by atoms with Crippen LogP contribution in [-0.4, -0.2) is 31.9 Å². The van der Waals surface area contributed by atoms with Gasteiger partial charge in [-0.05, 0) is 18.6 Å². The zero-order valence-corrected chi connectivity index (χ0v) is 10.3. The molecule has 2 aromatic rings. The van der Waals surface area contributed by atoms with Crippen LogP contribution in [0.2, 0.25) is 0 Å². The molecule has 1 aromatic carbocycles. The normalized spacial score (nSPS) is 16.4. The molecular formula is C13H12N4O2. The van der Waals surface area contributed by atoms with E-state index in [1.165, 1.54) is 11.2 Å². The highest BCUT2D eigenvalue weighted by Gasteiger charge is 2.35. The van der Waals surface area contributed by atoms with Gasteiger partial charge in [-0.2, -0.15) is 5.10 Å². The zero-order valence-electron chi connectivity index (χ0n) is 10.3. The molecule has 6 nitrogen and oxygen atoms in total. The molecule has 0 aliphatic carbocycles. The van der Waals surface area contributed by atoms with Crippen LogP contribution in [0.4, 0.5) is 0 Å². The van der Waals surface area contributed by atoms with E-state index < -0.39 is 6.04 Å². The second-order valence-corrected chi connectivity index (χ2v) is 4.45. The van der Waals surface area contributed by atoms with Gasteiger partial charge in [-0.3, -0.25) is 19.6 Å². The molecule has 2 heterocycles. The largest absolute Gasteiger partial charge is 0.274 e. The first-order chi connectivity index (χ1) is 9.18. The Kier molecular flexibility index (Phi) is 2.63. The van der Waals surface area contributed by atoms with Crippen LogP contribution in [0, 0.1) is 0 Å². The highest BCUT2D eigenvalue weighted by molar-refractivity contribution is 6.09. The maximum Gasteiger partial charge on any atom is 0.261 e. The lowest BCUT2D eigenvalue weighted by Gasteiger charge is -2.30. The van der Waals surface area contributed by atoms with E-state index in [1.54, 1.807) is 19.1 Å². The van der Waals surface area contributed by atoms with E-state index >= 15 is 0 Å². The minimum atomic E-state index is -0.448. The van der Waals surface area contributed by atoms with Gasteiger partial charge in [0, 0.05) is 5.56 Å². The fourth-order valence-electron chi connectivity index (χ4n) is 2.30. The lowest BCUT2D eigenvalue weighted by molar-refractivity contribution is -0.130. The maximum absolute atomic E-state index is 12.4. The predicted molar refractivity (Wildman–Crippen MR) is 66.1 cm³/mol. The van der Waals surface area contributed by atoms with Gasteiger partial charge in [0.2, 0.25) is 5.91 Å². The van der Waals surface area contributed by atoms with Crippen LogP contribution in [0.3, 0.4) is 0 Å². The summed E-state index contributed by atoms with van der Waals surface area (Å²) < 4.78 is 0. The third-order valence-corrected chi connectivity index (χ3v) is 3.29. The highest BCUT2D eigenvalue weighted by atomic mass is 16.2. The summed E-state index contributed by atoms with van der Waals surface area (Å²) in [5.41, 5.74) is 1.35. The monoisotopic (exact) mass is 256 g/mol. The first-order valence-corrected chi connectivity index (χ1v) is 5.98. The Morgan fingerprint density at radius 1 is 1.32 bits per heavy atom. The van der Waals surface area contributed by atoms with Crippen LogP contribution >= 0.6 is 0 Å². The van der Waals surface area contributed by atoms with Crippen molar-refractivity contribution in [2.75, 3.05) is 0 Å². The first kappa shape index (κ1) is 11.6. The summed E-state index contributed by atoms with van der Waals surface area (Å²) in [6, 6.07) is 6.72. The van der Waals surface area contributed by atoms with E-state index in [0.717, 1.165) is 5.56 Å². The number of nitrogens with one attached hydrogen (secondary N) is 1. The lowest BCUT2D eigenvalue weighted by atomic mass is 9.97. The van der Waals surface area contributed by atoms with Crippen molar-refractivity contribution in [2.45, 2.75) is 19.4 Å². The van der Waals surface area contributed by atoms with Gasteiger partial charge in [-0.25, -0.2) is 4.98 Å². The molecular weight excluding hydrogens is 244 g/mol. The molecule has 3 rings (SSSR count). The topological polar surface area (TPSA) is 79.0 Å². The highest BCUT2D eigenvalue weighted by Crippen LogP contribution is 2.26. The van der Waals surface area contributed by atoms with Crippen LogP contribution in [-0.2, 0) is 11.2 Å². The van der Waals surface area contributed by atoms with Crippen LogP contribution in [0.15, 0.2) is 30.6 Å². The van der Waals surface area contributed by atoms with Gasteiger partial charge in [0.15, 0.2) is 0 Å². The first-order valence-electron chi connectivity index (χ1n) is 5.98. The SMILES string of the molecule is CC(c1ncn[nH]1)N1C(=O)Cc2ccccc2C1=O. The molecule has 0 radical (unpaired) electrons. The molecule has 0 saturated carbocycles. The molecule has 1 aliphatic heterocycles. The molecule has 2 amide bonds.